The lowest BCUT2D eigenvalue weighted by atomic mass is 9.90. The number of ether oxygens (including phenoxy) is 1. The summed E-state index contributed by atoms with van der Waals surface area (Å²) in [5, 5.41) is 14.8. The Labute approximate surface area is 199 Å². The standard InChI is InChI=1S/C27H30N2O5/c1-2-17(25(30)29-19-9-7-8-18(14-19)26(31)32)15-28-27(33)34-16-24-22-12-5-3-10-20(22)21-11-4-6-13-23(21)24/h3-7,9-13,17-19,24H,2,8,14-16H2,1H3,(H,28,33)(H,29,30)(H,31,32)/t17?,18-,19-/m0/s1. The lowest BCUT2D eigenvalue weighted by Crippen LogP contribution is -2.44. The SMILES string of the molecule is CCC(CNC(=O)OCC1c2ccccc2-c2ccccc21)C(=O)N[C@H]1C=CC[C@H](C(=O)O)C1. The number of amides is 2. The summed E-state index contributed by atoms with van der Waals surface area (Å²) in [6.07, 6.45) is 4.45. The van der Waals surface area contributed by atoms with E-state index >= 15 is 0 Å². The van der Waals surface area contributed by atoms with Crippen LogP contribution >= 0.6 is 0 Å². The van der Waals surface area contributed by atoms with Gasteiger partial charge in [-0.25, -0.2) is 4.79 Å². The highest BCUT2D eigenvalue weighted by Gasteiger charge is 2.30. The van der Waals surface area contributed by atoms with Crippen LogP contribution in [0.3, 0.4) is 0 Å². The third-order valence-electron chi connectivity index (χ3n) is 6.70. The first-order valence-corrected chi connectivity index (χ1v) is 11.8. The van der Waals surface area contributed by atoms with Crippen molar-refractivity contribution in [3.63, 3.8) is 0 Å². The van der Waals surface area contributed by atoms with E-state index in [0.29, 0.717) is 19.3 Å². The van der Waals surface area contributed by atoms with E-state index < -0.39 is 23.9 Å². The van der Waals surface area contributed by atoms with Crippen molar-refractivity contribution in [3.8, 4) is 11.1 Å². The Kier molecular flexibility index (Phi) is 7.30. The predicted octanol–water partition coefficient (Wildman–Crippen LogP) is 4.09. The molecule has 0 bridgehead atoms. The van der Waals surface area contributed by atoms with Crippen LogP contribution in [0.4, 0.5) is 4.79 Å². The molecule has 7 nitrogen and oxygen atoms in total. The number of hydrogen-bond acceptors (Lipinski definition) is 4. The third-order valence-corrected chi connectivity index (χ3v) is 6.70. The van der Waals surface area contributed by atoms with Crippen LogP contribution in [0.15, 0.2) is 60.7 Å². The maximum Gasteiger partial charge on any atom is 0.407 e. The average molecular weight is 463 g/mol. The number of benzene rings is 2. The Morgan fingerprint density at radius 1 is 1.06 bits per heavy atom. The average Bonchev–Trinajstić information content (AvgIpc) is 3.17. The molecular formula is C27H30N2O5. The van der Waals surface area contributed by atoms with Crippen molar-refractivity contribution in [2.75, 3.05) is 13.2 Å². The summed E-state index contributed by atoms with van der Waals surface area (Å²) in [4.78, 5) is 36.4. The molecule has 0 saturated heterocycles. The van der Waals surface area contributed by atoms with Crippen LogP contribution in [0.1, 0.15) is 43.2 Å². The summed E-state index contributed by atoms with van der Waals surface area (Å²) in [6, 6.07) is 16.0. The van der Waals surface area contributed by atoms with E-state index in [0.717, 1.165) is 22.3 Å². The van der Waals surface area contributed by atoms with Gasteiger partial charge in [-0.1, -0.05) is 67.6 Å². The monoisotopic (exact) mass is 462 g/mol. The highest BCUT2D eigenvalue weighted by atomic mass is 16.5. The molecule has 2 aromatic rings. The summed E-state index contributed by atoms with van der Waals surface area (Å²) >= 11 is 0. The summed E-state index contributed by atoms with van der Waals surface area (Å²) in [5.74, 6) is -2.01. The number of allylic oxidation sites excluding steroid dienone is 1. The van der Waals surface area contributed by atoms with E-state index in [1.54, 1.807) is 6.08 Å². The molecular weight excluding hydrogens is 432 g/mol. The van der Waals surface area contributed by atoms with Crippen molar-refractivity contribution >= 4 is 18.0 Å². The van der Waals surface area contributed by atoms with Crippen molar-refractivity contribution in [2.24, 2.45) is 11.8 Å². The van der Waals surface area contributed by atoms with Crippen molar-refractivity contribution < 1.29 is 24.2 Å². The molecule has 0 heterocycles. The van der Waals surface area contributed by atoms with Gasteiger partial charge in [0.25, 0.3) is 0 Å². The lowest BCUT2D eigenvalue weighted by molar-refractivity contribution is -0.142. The molecule has 2 aromatic carbocycles. The second kappa shape index (κ2) is 10.5. The third kappa shape index (κ3) is 5.14. The minimum absolute atomic E-state index is 0.0244. The fourth-order valence-corrected chi connectivity index (χ4v) is 4.78. The van der Waals surface area contributed by atoms with Crippen molar-refractivity contribution in [2.45, 2.75) is 38.1 Å². The molecule has 0 aliphatic heterocycles. The number of nitrogens with one attached hydrogen (secondary N) is 2. The molecule has 1 unspecified atom stereocenters. The molecule has 3 atom stereocenters. The molecule has 4 rings (SSSR count). The maximum atomic E-state index is 12.7. The summed E-state index contributed by atoms with van der Waals surface area (Å²) in [5.41, 5.74) is 4.61. The number of hydrogen-bond donors (Lipinski definition) is 3. The Morgan fingerprint density at radius 2 is 1.71 bits per heavy atom. The van der Waals surface area contributed by atoms with Crippen LogP contribution in [0.5, 0.6) is 0 Å². The molecule has 0 aromatic heterocycles. The van der Waals surface area contributed by atoms with E-state index in [9.17, 15) is 19.5 Å². The number of carbonyl (C=O) groups is 3. The molecule has 2 amide bonds. The van der Waals surface area contributed by atoms with E-state index in [1.165, 1.54) is 0 Å². The molecule has 0 fully saturated rings. The van der Waals surface area contributed by atoms with Gasteiger partial charge < -0.3 is 20.5 Å². The highest BCUT2D eigenvalue weighted by Crippen LogP contribution is 2.44. The minimum Gasteiger partial charge on any atom is -0.481 e. The molecule has 7 heteroatoms. The number of alkyl carbamates (subject to hydrolysis) is 1. The Hall–Kier alpha value is -3.61. The molecule has 2 aliphatic carbocycles. The molecule has 34 heavy (non-hydrogen) atoms. The zero-order chi connectivity index (χ0) is 24.1. The summed E-state index contributed by atoms with van der Waals surface area (Å²) < 4.78 is 5.55. The molecule has 0 saturated carbocycles. The molecule has 0 radical (unpaired) electrons. The largest absolute Gasteiger partial charge is 0.481 e. The second-order valence-corrected chi connectivity index (χ2v) is 8.86. The van der Waals surface area contributed by atoms with Crippen LogP contribution in [0.2, 0.25) is 0 Å². The van der Waals surface area contributed by atoms with Gasteiger partial charge in [0.05, 0.1) is 11.8 Å². The Bertz CT molecular complexity index is 1050. The van der Waals surface area contributed by atoms with Gasteiger partial charge in [-0.15, -0.1) is 0 Å². The van der Waals surface area contributed by atoms with E-state index in [-0.39, 0.29) is 31.0 Å². The van der Waals surface area contributed by atoms with Gasteiger partial charge >= 0.3 is 12.1 Å². The van der Waals surface area contributed by atoms with Gasteiger partial charge in [-0.2, -0.15) is 0 Å². The molecule has 0 spiro atoms. The predicted molar refractivity (Wildman–Crippen MR) is 128 cm³/mol. The highest BCUT2D eigenvalue weighted by molar-refractivity contribution is 5.81. The number of aliphatic carboxylic acids is 1. The normalized spacial score (nSPS) is 19.6. The maximum absolute atomic E-state index is 12.7. The van der Waals surface area contributed by atoms with Gasteiger partial charge in [0.1, 0.15) is 6.61 Å². The quantitative estimate of drug-likeness (QED) is 0.513. The first-order valence-electron chi connectivity index (χ1n) is 11.8. The Balaban J connectivity index is 1.29. The zero-order valence-corrected chi connectivity index (χ0v) is 19.2. The van der Waals surface area contributed by atoms with Crippen molar-refractivity contribution in [3.05, 3.63) is 71.8 Å². The minimum atomic E-state index is -0.854. The molecule has 178 valence electrons. The fourth-order valence-electron chi connectivity index (χ4n) is 4.78. The summed E-state index contributed by atoms with van der Waals surface area (Å²) in [7, 11) is 0. The number of rotatable bonds is 8. The van der Waals surface area contributed by atoms with Crippen LogP contribution in [0.25, 0.3) is 11.1 Å². The van der Waals surface area contributed by atoms with E-state index in [4.69, 9.17) is 4.74 Å². The number of carbonyl (C=O) groups excluding carboxylic acids is 2. The number of carboxylic acid groups (broad SMARTS) is 1. The smallest absolute Gasteiger partial charge is 0.407 e. The van der Waals surface area contributed by atoms with E-state index in [2.05, 4.69) is 34.9 Å². The fraction of sp³-hybridized carbons (Fsp3) is 0.370. The van der Waals surface area contributed by atoms with Gasteiger partial charge in [0.15, 0.2) is 0 Å². The van der Waals surface area contributed by atoms with Gasteiger partial charge in [0.2, 0.25) is 5.91 Å². The Morgan fingerprint density at radius 3 is 2.32 bits per heavy atom. The van der Waals surface area contributed by atoms with Crippen molar-refractivity contribution in [1.29, 1.82) is 0 Å². The lowest BCUT2D eigenvalue weighted by Gasteiger charge is -2.25. The van der Waals surface area contributed by atoms with Crippen molar-refractivity contribution in [1.82, 2.24) is 10.6 Å². The molecule has 3 N–H and O–H groups in total. The van der Waals surface area contributed by atoms with Gasteiger partial charge in [0, 0.05) is 18.5 Å². The van der Waals surface area contributed by atoms with E-state index in [1.807, 2.05) is 37.3 Å². The number of fused-ring (bicyclic) bond motifs is 3. The number of carboxylic acids is 1. The second-order valence-electron chi connectivity index (χ2n) is 8.86. The first kappa shape index (κ1) is 23.5. The first-order chi connectivity index (χ1) is 16.5. The van der Waals surface area contributed by atoms with Crippen LogP contribution in [0, 0.1) is 11.8 Å². The van der Waals surface area contributed by atoms with Gasteiger partial charge in [-0.05, 0) is 41.5 Å². The van der Waals surface area contributed by atoms with Crippen LogP contribution in [-0.4, -0.2) is 42.3 Å². The van der Waals surface area contributed by atoms with Crippen LogP contribution in [-0.2, 0) is 14.3 Å². The topological polar surface area (TPSA) is 105 Å². The zero-order valence-electron chi connectivity index (χ0n) is 19.2. The molecule has 2 aliphatic rings. The van der Waals surface area contributed by atoms with Crippen LogP contribution < -0.4 is 10.6 Å². The summed E-state index contributed by atoms with van der Waals surface area (Å²) in [6.45, 7) is 2.24. The van der Waals surface area contributed by atoms with Gasteiger partial charge in [-0.3, -0.25) is 9.59 Å².